The second-order valence-corrected chi connectivity index (χ2v) is 9.22. The van der Waals surface area contributed by atoms with Crippen LogP contribution in [0.15, 0.2) is 70.0 Å². The zero-order valence-corrected chi connectivity index (χ0v) is 17.3. The van der Waals surface area contributed by atoms with Crippen molar-refractivity contribution in [2.24, 2.45) is 0 Å². The van der Waals surface area contributed by atoms with Crippen molar-refractivity contribution in [2.45, 2.75) is 29.9 Å². The quantitative estimate of drug-likeness (QED) is 0.558. The number of sulfone groups is 1. The molecule has 1 aromatic heterocycles. The van der Waals surface area contributed by atoms with Gasteiger partial charge in [0.05, 0.1) is 11.4 Å². The van der Waals surface area contributed by atoms with Gasteiger partial charge < -0.3 is 14.5 Å². The molecule has 0 saturated carbocycles. The fraction of sp³-hybridized carbons (Fsp3) is 0.261. The summed E-state index contributed by atoms with van der Waals surface area (Å²) in [6.07, 6.45) is 3.40. The monoisotopic (exact) mass is 425 g/mol. The first-order valence-electron chi connectivity index (χ1n) is 9.90. The van der Waals surface area contributed by atoms with Crippen molar-refractivity contribution >= 4 is 15.7 Å². The molecule has 0 unspecified atom stereocenters. The molecule has 1 aliphatic rings. The molecular formula is C23H23NO5S. The Bertz CT molecular complexity index is 1140. The maximum atomic E-state index is 12.4. The van der Waals surface area contributed by atoms with E-state index in [1.807, 2.05) is 6.07 Å². The van der Waals surface area contributed by atoms with Crippen molar-refractivity contribution in [3.05, 3.63) is 83.3 Å². The van der Waals surface area contributed by atoms with Crippen LogP contribution < -0.4 is 10.1 Å². The molecule has 1 N–H and O–H groups in total. The minimum absolute atomic E-state index is 0.0748. The molecule has 2 aromatic carbocycles. The van der Waals surface area contributed by atoms with Crippen LogP contribution in [0.3, 0.4) is 0 Å². The highest BCUT2D eigenvalue weighted by Gasteiger charge is 2.19. The minimum Gasteiger partial charge on any atom is -0.492 e. The Hall–Kier alpha value is -3.06. The van der Waals surface area contributed by atoms with Gasteiger partial charge in [0.1, 0.15) is 23.9 Å². The Kier molecular flexibility index (Phi) is 5.90. The van der Waals surface area contributed by atoms with Crippen molar-refractivity contribution in [1.82, 2.24) is 5.32 Å². The number of rotatable bonds is 8. The Morgan fingerprint density at radius 1 is 1.00 bits per heavy atom. The average molecular weight is 426 g/mol. The lowest BCUT2D eigenvalue weighted by Crippen LogP contribution is -2.27. The number of benzene rings is 2. The molecule has 3 aromatic rings. The highest BCUT2D eigenvalue weighted by atomic mass is 32.2. The maximum Gasteiger partial charge on any atom is 0.287 e. The van der Waals surface area contributed by atoms with E-state index in [2.05, 4.69) is 17.4 Å². The van der Waals surface area contributed by atoms with Crippen LogP contribution in [0, 0.1) is 0 Å². The number of furan rings is 1. The van der Waals surface area contributed by atoms with Crippen LogP contribution in [-0.4, -0.2) is 27.5 Å². The van der Waals surface area contributed by atoms with Crippen molar-refractivity contribution in [2.75, 3.05) is 13.2 Å². The van der Waals surface area contributed by atoms with E-state index in [-0.39, 0.29) is 22.2 Å². The van der Waals surface area contributed by atoms with Crippen LogP contribution in [0.1, 0.15) is 33.9 Å². The first kappa shape index (κ1) is 20.2. The number of carbonyl (C=O) groups excluding carboxylic acids is 1. The first-order valence-corrected chi connectivity index (χ1v) is 11.6. The fourth-order valence-electron chi connectivity index (χ4n) is 3.53. The van der Waals surface area contributed by atoms with Crippen LogP contribution in [0.5, 0.6) is 5.75 Å². The van der Waals surface area contributed by atoms with Crippen LogP contribution in [0.4, 0.5) is 0 Å². The molecule has 0 saturated heterocycles. The molecule has 7 heteroatoms. The number of nitrogens with one attached hydrogen (secondary N) is 1. The standard InChI is InChI=1S/C23H23NO5S/c25-23(24-13-14-28-19-10-9-17-5-4-6-18(17)15-19)22-12-11-20(29-22)16-30(26,27)21-7-2-1-3-8-21/h1-3,7-12,15H,4-6,13-14,16H2,(H,24,25). The van der Waals surface area contributed by atoms with Crippen molar-refractivity contribution in [3.63, 3.8) is 0 Å². The lowest BCUT2D eigenvalue weighted by atomic mass is 10.1. The number of ether oxygens (including phenoxy) is 1. The topological polar surface area (TPSA) is 85.6 Å². The second-order valence-electron chi connectivity index (χ2n) is 7.23. The van der Waals surface area contributed by atoms with Crippen LogP contribution >= 0.6 is 0 Å². The van der Waals surface area contributed by atoms with E-state index in [0.29, 0.717) is 13.2 Å². The molecule has 4 rings (SSSR count). The van der Waals surface area contributed by atoms with Gasteiger partial charge in [0, 0.05) is 0 Å². The lowest BCUT2D eigenvalue weighted by molar-refractivity contribution is 0.0918. The van der Waals surface area contributed by atoms with E-state index in [1.165, 1.54) is 41.8 Å². The summed E-state index contributed by atoms with van der Waals surface area (Å²) in [7, 11) is -3.53. The molecule has 0 radical (unpaired) electrons. The van der Waals surface area contributed by atoms with Gasteiger partial charge in [-0.15, -0.1) is 0 Å². The highest BCUT2D eigenvalue weighted by Crippen LogP contribution is 2.26. The molecule has 30 heavy (non-hydrogen) atoms. The SMILES string of the molecule is O=C(NCCOc1ccc2c(c1)CCC2)c1ccc(CS(=O)(=O)c2ccccc2)o1. The van der Waals surface area contributed by atoms with E-state index >= 15 is 0 Å². The molecule has 0 spiro atoms. The summed E-state index contributed by atoms with van der Waals surface area (Å²) in [5.41, 5.74) is 2.73. The van der Waals surface area contributed by atoms with Crippen molar-refractivity contribution < 1.29 is 22.4 Å². The zero-order chi connectivity index (χ0) is 21.0. The zero-order valence-electron chi connectivity index (χ0n) is 16.5. The normalized spacial score (nSPS) is 13.1. The molecule has 1 amide bonds. The number of hydrogen-bond donors (Lipinski definition) is 1. The molecular weight excluding hydrogens is 402 g/mol. The van der Waals surface area contributed by atoms with E-state index in [0.717, 1.165) is 18.6 Å². The minimum atomic E-state index is -3.53. The number of amides is 1. The molecule has 0 atom stereocenters. The summed E-state index contributed by atoms with van der Waals surface area (Å²) in [5.74, 6) is 0.391. The molecule has 0 fully saturated rings. The van der Waals surface area contributed by atoms with Gasteiger partial charge in [-0.2, -0.15) is 0 Å². The molecule has 6 nitrogen and oxygen atoms in total. The first-order chi connectivity index (χ1) is 14.5. The van der Waals surface area contributed by atoms with Crippen LogP contribution in [0.25, 0.3) is 0 Å². The number of carbonyl (C=O) groups is 1. The fourth-order valence-corrected chi connectivity index (χ4v) is 4.80. The van der Waals surface area contributed by atoms with Gasteiger partial charge in [-0.1, -0.05) is 24.3 Å². The summed E-state index contributed by atoms with van der Waals surface area (Å²) in [5, 5.41) is 2.72. The average Bonchev–Trinajstić information content (AvgIpc) is 3.40. The second kappa shape index (κ2) is 8.75. The number of aryl methyl sites for hydroxylation is 2. The Morgan fingerprint density at radius 2 is 1.80 bits per heavy atom. The smallest absolute Gasteiger partial charge is 0.287 e. The van der Waals surface area contributed by atoms with Gasteiger partial charge in [0.25, 0.3) is 5.91 Å². The van der Waals surface area contributed by atoms with E-state index in [9.17, 15) is 13.2 Å². The summed E-state index contributed by atoms with van der Waals surface area (Å²) in [4.78, 5) is 12.5. The maximum absolute atomic E-state index is 12.4. The van der Waals surface area contributed by atoms with Gasteiger partial charge in [-0.25, -0.2) is 8.42 Å². The lowest BCUT2D eigenvalue weighted by Gasteiger charge is -2.08. The molecule has 1 heterocycles. The summed E-state index contributed by atoms with van der Waals surface area (Å²) >= 11 is 0. The summed E-state index contributed by atoms with van der Waals surface area (Å²) < 4.78 is 36.0. The van der Waals surface area contributed by atoms with Crippen LogP contribution in [-0.2, 0) is 28.4 Å². The number of hydrogen-bond acceptors (Lipinski definition) is 5. The van der Waals surface area contributed by atoms with Crippen LogP contribution in [0.2, 0.25) is 0 Å². The van der Waals surface area contributed by atoms with Gasteiger partial charge in [-0.3, -0.25) is 4.79 Å². The Morgan fingerprint density at radius 3 is 2.63 bits per heavy atom. The number of fused-ring (bicyclic) bond motifs is 1. The Balaban J connectivity index is 1.27. The van der Waals surface area contributed by atoms with Gasteiger partial charge in [-0.05, 0) is 66.8 Å². The third kappa shape index (κ3) is 4.74. The molecule has 0 bridgehead atoms. The molecule has 1 aliphatic carbocycles. The van der Waals surface area contributed by atoms with E-state index in [1.54, 1.807) is 18.2 Å². The summed E-state index contributed by atoms with van der Waals surface area (Å²) in [6.45, 7) is 0.648. The molecule has 0 aliphatic heterocycles. The van der Waals surface area contributed by atoms with Gasteiger partial charge >= 0.3 is 0 Å². The third-order valence-electron chi connectivity index (χ3n) is 5.05. The van der Waals surface area contributed by atoms with E-state index in [4.69, 9.17) is 9.15 Å². The van der Waals surface area contributed by atoms with Crippen molar-refractivity contribution in [1.29, 1.82) is 0 Å². The van der Waals surface area contributed by atoms with E-state index < -0.39 is 15.7 Å². The highest BCUT2D eigenvalue weighted by molar-refractivity contribution is 7.90. The predicted molar refractivity (Wildman–Crippen MR) is 112 cm³/mol. The Labute approximate surface area is 175 Å². The predicted octanol–water partition coefficient (Wildman–Crippen LogP) is 3.55. The van der Waals surface area contributed by atoms with Gasteiger partial charge in [0.15, 0.2) is 15.6 Å². The van der Waals surface area contributed by atoms with Gasteiger partial charge in [0.2, 0.25) is 0 Å². The molecule has 156 valence electrons. The van der Waals surface area contributed by atoms with Crippen molar-refractivity contribution in [3.8, 4) is 5.75 Å². The third-order valence-corrected chi connectivity index (χ3v) is 6.70. The summed E-state index contributed by atoms with van der Waals surface area (Å²) in [6, 6.07) is 17.3. The largest absolute Gasteiger partial charge is 0.492 e.